The van der Waals surface area contributed by atoms with Crippen LogP contribution in [0.4, 0.5) is 11.4 Å². The van der Waals surface area contributed by atoms with Gasteiger partial charge in [0.25, 0.3) is 0 Å². The highest BCUT2D eigenvalue weighted by molar-refractivity contribution is 8.00. The van der Waals surface area contributed by atoms with Crippen molar-refractivity contribution in [3.63, 3.8) is 0 Å². The van der Waals surface area contributed by atoms with E-state index in [0.29, 0.717) is 6.42 Å². The number of amides is 2. The Balaban J connectivity index is 1.81. The van der Waals surface area contributed by atoms with E-state index in [1.54, 1.807) is 0 Å². The van der Waals surface area contributed by atoms with Gasteiger partial charge in [0.15, 0.2) is 0 Å². The maximum Gasteiger partial charge on any atom is 0.242 e. The number of rotatable bonds is 9. The van der Waals surface area contributed by atoms with Gasteiger partial charge in [-0.25, -0.2) is 0 Å². The van der Waals surface area contributed by atoms with Crippen molar-refractivity contribution in [3.05, 3.63) is 89.5 Å². The molecule has 3 aromatic carbocycles. The van der Waals surface area contributed by atoms with Gasteiger partial charge >= 0.3 is 0 Å². The molecule has 0 aliphatic carbocycles. The van der Waals surface area contributed by atoms with Crippen LogP contribution in [0.2, 0.25) is 0 Å². The van der Waals surface area contributed by atoms with Crippen LogP contribution in [0.25, 0.3) is 0 Å². The Kier molecular flexibility index (Phi) is 8.51. The van der Waals surface area contributed by atoms with Gasteiger partial charge in [-0.2, -0.15) is 0 Å². The van der Waals surface area contributed by atoms with Crippen LogP contribution in [0, 0.1) is 13.8 Å². The van der Waals surface area contributed by atoms with Gasteiger partial charge in [0.05, 0.1) is 0 Å². The molecule has 0 aromatic heterocycles. The number of thioether (sulfide) groups is 1. The van der Waals surface area contributed by atoms with Crippen molar-refractivity contribution in [1.82, 2.24) is 0 Å². The summed E-state index contributed by atoms with van der Waals surface area (Å²) in [5, 5.41) is 5.64. The first-order valence-corrected chi connectivity index (χ1v) is 11.8. The fourth-order valence-corrected chi connectivity index (χ4v) is 4.41. The lowest BCUT2D eigenvalue weighted by Gasteiger charge is -2.19. The minimum Gasteiger partial charge on any atom is -0.326 e. The number of benzene rings is 3. The van der Waals surface area contributed by atoms with E-state index in [-0.39, 0.29) is 11.8 Å². The molecule has 0 aliphatic rings. The van der Waals surface area contributed by atoms with Crippen LogP contribution >= 0.6 is 11.8 Å². The number of aryl methyl sites for hydroxylation is 1. The first-order valence-electron chi connectivity index (χ1n) is 11.0. The molecule has 3 aromatic rings. The Bertz CT molecular complexity index is 1070. The Hall–Kier alpha value is -3.05. The van der Waals surface area contributed by atoms with Crippen LogP contribution in [-0.4, -0.2) is 11.8 Å². The lowest BCUT2D eigenvalue weighted by molar-refractivity contribution is -0.116. The van der Waals surface area contributed by atoms with Crippen LogP contribution in [0.15, 0.2) is 77.7 Å². The summed E-state index contributed by atoms with van der Waals surface area (Å²) in [7, 11) is 0. The van der Waals surface area contributed by atoms with E-state index < -0.39 is 5.25 Å². The van der Waals surface area contributed by atoms with Crippen molar-refractivity contribution in [2.45, 2.75) is 50.2 Å². The van der Waals surface area contributed by atoms with Gasteiger partial charge in [-0.15, -0.1) is 11.8 Å². The summed E-state index contributed by atoms with van der Waals surface area (Å²) in [5.74, 6) is -0.0615. The molecular formula is C27H30N2O2S. The second-order valence-corrected chi connectivity index (χ2v) is 9.00. The molecule has 0 saturated heterocycles. The summed E-state index contributed by atoms with van der Waals surface area (Å²) in [6.45, 7) is 6.12. The number of anilines is 2. The average molecular weight is 447 g/mol. The van der Waals surface area contributed by atoms with Crippen molar-refractivity contribution >= 4 is 35.0 Å². The molecule has 166 valence electrons. The van der Waals surface area contributed by atoms with Gasteiger partial charge < -0.3 is 10.6 Å². The third kappa shape index (κ3) is 6.47. The third-order valence-electron chi connectivity index (χ3n) is 5.33. The molecule has 0 heterocycles. The molecule has 4 nitrogen and oxygen atoms in total. The summed E-state index contributed by atoms with van der Waals surface area (Å²) >= 11 is 1.47. The number of hydrogen-bond donors (Lipinski definition) is 2. The molecule has 0 bridgehead atoms. The molecule has 0 spiro atoms. The zero-order valence-corrected chi connectivity index (χ0v) is 19.7. The molecule has 0 radical (unpaired) electrons. The lowest BCUT2D eigenvalue weighted by Crippen LogP contribution is -2.19. The molecule has 3 rings (SSSR count). The summed E-state index contributed by atoms with van der Waals surface area (Å²) in [5.41, 5.74) is 4.71. The Labute approximate surface area is 194 Å². The normalized spacial score (nSPS) is 11.6. The quantitative estimate of drug-likeness (QED) is 0.351. The van der Waals surface area contributed by atoms with Crippen molar-refractivity contribution in [3.8, 4) is 0 Å². The molecule has 1 unspecified atom stereocenters. The zero-order valence-electron chi connectivity index (χ0n) is 18.9. The number of unbranched alkanes of at least 4 members (excludes halogenated alkanes) is 1. The Morgan fingerprint density at radius 2 is 1.66 bits per heavy atom. The predicted octanol–water partition coefficient (Wildman–Crippen LogP) is 6.90. The minimum absolute atomic E-state index is 0.0151. The van der Waals surface area contributed by atoms with Gasteiger partial charge in [-0.05, 0) is 61.2 Å². The average Bonchev–Trinajstić information content (AvgIpc) is 2.80. The monoisotopic (exact) mass is 446 g/mol. The zero-order chi connectivity index (χ0) is 22.9. The first kappa shape index (κ1) is 23.6. The van der Waals surface area contributed by atoms with E-state index in [0.717, 1.165) is 45.8 Å². The predicted molar refractivity (Wildman–Crippen MR) is 134 cm³/mol. The molecular weight excluding hydrogens is 416 g/mol. The number of nitrogens with one attached hydrogen (secondary N) is 2. The van der Waals surface area contributed by atoms with Crippen LogP contribution in [0.5, 0.6) is 0 Å². The van der Waals surface area contributed by atoms with Crippen LogP contribution < -0.4 is 10.6 Å². The summed E-state index contributed by atoms with van der Waals surface area (Å²) < 4.78 is 0. The Morgan fingerprint density at radius 3 is 2.41 bits per heavy atom. The fraction of sp³-hybridized carbons (Fsp3) is 0.259. The standard InChI is InChI=1S/C27H30N2O2S/c1-4-5-17-25(30)28-22-14-10-15-23(18-22)32-26(21-12-7-6-8-13-21)27(31)29-24-16-9-11-19(2)20(24)3/h6-16,18,26H,4-5,17H2,1-3H3,(H,28,30)(H,29,31). The first-order chi connectivity index (χ1) is 15.5. The largest absolute Gasteiger partial charge is 0.326 e. The van der Waals surface area contributed by atoms with Crippen LogP contribution in [0.3, 0.4) is 0 Å². The Morgan fingerprint density at radius 1 is 0.906 bits per heavy atom. The van der Waals surface area contributed by atoms with Gasteiger partial charge in [-0.1, -0.05) is 61.9 Å². The molecule has 1 atom stereocenters. The molecule has 32 heavy (non-hydrogen) atoms. The lowest BCUT2D eigenvalue weighted by atomic mass is 10.1. The highest BCUT2D eigenvalue weighted by Gasteiger charge is 2.23. The number of hydrogen-bond acceptors (Lipinski definition) is 3. The highest BCUT2D eigenvalue weighted by Crippen LogP contribution is 2.37. The van der Waals surface area contributed by atoms with E-state index >= 15 is 0 Å². The molecule has 5 heteroatoms. The SMILES string of the molecule is CCCCC(=O)Nc1cccc(SC(C(=O)Nc2cccc(C)c2C)c2ccccc2)c1. The van der Waals surface area contributed by atoms with Crippen molar-refractivity contribution in [2.24, 2.45) is 0 Å². The van der Waals surface area contributed by atoms with E-state index in [1.807, 2.05) is 86.6 Å². The fourth-order valence-electron chi connectivity index (χ4n) is 3.33. The van der Waals surface area contributed by atoms with Crippen molar-refractivity contribution in [1.29, 1.82) is 0 Å². The summed E-state index contributed by atoms with van der Waals surface area (Å²) in [6, 6.07) is 23.4. The van der Waals surface area contributed by atoms with E-state index in [1.165, 1.54) is 11.8 Å². The maximum absolute atomic E-state index is 13.4. The van der Waals surface area contributed by atoms with Gasteiger partial charge in [0.1, 0.15) is 5.25 Å². The minimum atomic E-state index is -0.429. The molecule has 2 N–H and O–H groups in total. The molecule has 0 aliphatic heterocycles. The van der Waals surface area contributed by atoms with Crippen molar-refractivity contribution in [2.75, 3.05) is 10.6 Å². The topological polar surface area (TPSA) is 58.2 Å². The van der Waals surface area contributed by atoms with E-state index in [9.17, 15) is 9.59 Å². The van der Waals surface area contributed by atoms with Gasteiger partial charge in [0.2, 0.25) is 11.8 Å². The smallest absolute Gasteiger partial charge is 0.242 e. The molecule has 0 saturated carbocycles. The van der Waals surface area contributed by atoms with Gasteiger partial charge in [-0.3, -0.25) is 9.59 Å². The summed E-state index contributed by atoms with van der Waals surface area (Å²) in [4.78, 5) is 26.4. The number of carbonyl (C=O) groups is 2. The second-order valence-electron chi connectivity index (χ2n) is 7.82. The summed E-state index contributed by atoms with van der Waals surface area (Å²) in [6.07, 6.45) is 2.37. The van der Waals surface area contributed by atoms with E-state index in [2.05, 4.69) is 17.6 Å². The van der Waals surface area contributed by atoms with Gasteiger partial charge in [0, 0.05) is 22.7 Å². The number of carbonyl (C=O) groups excluding carboxylic acids is 2. The van der Waals surface area contributed by atoms with Crippen LogP contribution in [0.1, 0.15) is 48.1 Å². The highest BCUT2D eigenvalue weighted by atomic mass is 32.2. The van der Waals surface area contributed by atoms with Crippen molar-refractivity contribution < 1.29 is 9.59 Å². The molecule has 2 amide bonds. The van der Waals surface area contributed by atoms with Crippen LogP contribution in [-0.2, 0) is 9.59 Å². The molecule has 0 fully saturated rings. The third-order valence-corrected chi connectivity index (χ3v) is 6.58. The maximum atomic E-state index is 13.4. The second kappa shape index (κ2) is 11.5. The van der Waals surface area contributed by atoms with E-state index in [4.69, 9.17) is 0 Å².